The summed E-state index contributed by atoms with van der Waals surface area (Å²) in [4.78, 5) is 23.1. The number of benzene rings is 1. The molecule has 5 nitrogen and oxygen atoms in total. The molecule has 0 unspecified atom stereocenters. The van der Waals surface area contributed by atoms with Crippen LogP contribution in [0.5, 0.6) is 0 Å². The Hall–Kier alpha value is -2.30. The van der Waals surface area contributed by atoms with E-state index in [2.05, 4.69) is 5.10 Å². The number of nitrogens with one attached hydrogen (secondary N) is 1. The first-order valence-corrected chi connectivity index (χ1v) is 5.71. The van der Waals surface area contributed by atoms with Crippen LogP contribution in [0, 0.1) is 0 Å². The number of rotatable bonds is 4. The van der Waals surface area contributed by atoms with Gasteiger partial charge in [0.25, 0.3) is 5.56 Å². The third-order valence-corrected chi connectivity index (χ3v) is 2.46. The molecular formula is C13H14N2O3. The second-order valence-corrected chi connectivity index (χ2v) is 3.78. The van der Waals surface area contributed by atoms with Crippen molar-refractivity contribution in [3.63, 3.8) is 0 Å². The smallest absolute Gasteiger partial charge is 0.327 e. The van der Waals surface area contributed by atoms with Crippen LogP contribution in [-0.4, -0.2) is 22.4 Å². The van der Waals surface area contributed by atoms with Crippen molar-refractivity contribution < 1.29 is 9.53 Å². The van der Waals surface area contributed by atoms with Gasteiger partial charge in [0.1, 0.15) is 6.54 Å². The molecule has 0 aliphatic carbocycles. The molecule has 0 fully saturated rings. The molecule has 94 valence electrons. The first kappa shape index (κ1) is 12.2. The Morgan fingerprint density at radius 2 is 2.06 bits per heavy atom. The van der Waals surface area contributed by atoms with Crippen molar-refractivity contribution in [2.24, 2.45) is 0 Å². The maximum atomic E-state index is 11.8. The number of nitrogens with zero attached hydrogens (tertiary/aromatic N) is 1. The highest BCUT2D eigenvalue weighted by Crippen LogP contribution is 2.13. The molecule has 5 heteroatoms. The van der Waals surface area contributed by atoms with Crippen molar-refractivity contribution in [3.8, 4) is 11.1 Å². The summed E-state index contributed by atoms with van der Waals surface area (Å²) in [7, 11) is 0. The van der Waals surface area contributed by atoms with Crippen LogP contribution in [0.2, 0.25) is 0 Å². The van der Waals surface area contributed by atoms with Gasteiger partial charge in [0, 0.05) is 6.20 Å². The van der Waals surface area contributed by atoms with E-state index < -0.39 is 0 Å². The zero-order valence-corrected chi connectivity index (χ0v) is 10.1. The van der Waals surface area contributed by atoms with Gasteiger partial charge in [-0.3, -0.25) is 19.4 Å². The normalized spacial score (nSPS) is 10.3. The average molecular weight is 246 g/mol. The lowest BCUT2D eigenvalue weighted by molar-refractivity contribution is -0.144. The van der Waals surface area contributed by atoms with E-state index in [1.54, 1.807) is 13.1 Å². The topological polar surface area (TPSA) is 64.1 Å². The van der Waals surface area contributed by atoms with Crippen LogP contribution in [0.3, 0.4) is 0 Å². The van der Waals surface area contributed by atoms with Gasteiger partial charge >= 0.3 is 5.97 Å². The quantitative estimate of drug-likeness (QED) is 0.829. The number of carbonyl (C=O) groups is 1. The molecule has 0 bridgehead atoms. The van der Waals surface area contributed by atoms with Gasteiger partial charge in [0.15, 0.2) is 0 Å². The van der Waals surface area contributed by atoms with Gasteiger partial charge in [0.05, 0.1) is 12.2 Å². The molecule has 0 aliphatic heterocycles. The lowest BCUT2D eigenvalue weighted by Crippen LogP contribution is -2.15. The van der Waals surface area contributed by atoms with E-state index in [1.807, 2.05) is 30.3 Å². The van der Waals surface area contributed by atoms with Crippen molar-refractivity contribution in [1.29, 1.82) is 0 Å². The molecule has 0 atom stereocenters. The first-order valence-electron chi connectivity index (χ1n) is 5.71. The number of hydrogen-bond acceptors (Lipinski definition) is 3. The van der Waals surface area contributed by atoms with E-state index >= 15 is 0 Å². The second-order valence-electron chi connectivity index (χ2n) is 3.78. The average Bonchev–Trinajstić information content (AvgIpc) is 2.71. The summed E-state index contributed by atoms with van der Waals surface area (Å²) in [6.45, 7) is 2.08. The molecule has 1 heterocycles. The van der Waals surface area contributed by atoms with E-state index in [1.165, 1.54) is 4.68 Å². The summed E-state index contributed by atoms with van der Waals surface area (Å²) in [6.07, 6.45) is 1.62. The third kappa shape index (κ3) is 2.68. The van der Waals surface area contributed by atoms with Crippen molar-refractivity contribution in [2.45, 2.75) is 13.5 Å². The van der Waals surface area contributed by atoms with Crippen molar-refractivity contribution in [3.05, 3.63) is 46.9 Å². The Labute approximate surface area is 104 Å². The predicted octanol–water partition coefficient (Wildman–Crippen LogP) is 1.41. The van der Waals surface area contributed by atoms with Crippen LogP contribution in [0.15, 0.2) is 41.3 Å². The van der Waals surface area contributed by atoms with Crippen LogP contribution < -0.4 is 5.56 Å². The van der Waals surface area contributed by atoms with Crippen molar-refractivity contribution in [2.75, 3.05) is 6.61 Å². The molecule has 18 heavy (non-hydrogen) atoms. The molecule has 0 saturated heterocycles. The van der Waals surface area contributed by atoms with Gasteiger partial charge in [-0.2, -0.15) is 0 Å². The van der Waals surface area contributed by atoms with E-state index in [0.717, 1.165) is 5.56 Å². The summed E-state index contributed by atoms with van der Waals surface area (Å²) >= 11 is 0. The first-order chi connectivity index (χ1) is 8.70. The van der Waals surface area contributed by atoms with Crippen LogP contribution in [0.25, 0.3) is 11.1 Å². The standard InChI is InChI=1S/C13H14N2O3/c1-2-18-12(16)9-15-8-11(13(17)14-15)10-6-4-3-5-7-10/h3-8H,2,9H2,1H3,(H,14,17). The third-order valence-electron chi connectivity index (χ3n) is 2.46. The largest absolute Gasteiger partial charge is 0.465 e. The Morgan fingerprint density at radius 3 is 2.72 bits per heavy atom. The molecule has 0 radical (unpaired) electrons. The molecular weight excluding hydrogens is 232 g/mol. The second kappa shape index (κ2) is 5.35. The minimum absolute atomic E-state index is 0.00983. The molecule has 0 spiro atoms. The van der Waals surface area contributed by atoms with Gasteiger partial charge < -0.3 is 4.74 Å². The van der Waals surface area contributed by atoms with Crippen molar-refractivity contribution in [1.82, 2.24) is 9.78 Å². The maximum absolute atomic E-state index is 11.8. The van der Waals surface area contributed by atoms with Crippen LogP contribution >= 0.6 is 0 Å². The predicted molar refractivity (Wildman–Crippen MR) is 67.1 cm³/mol. The number of esters is 1. The highest BCUT2D eigenvalue weighted by Gasteiger charge is 2.09. The highest BCUT2D eigenvalue weighted by atomic mass is 16.5. The minimum Gasteiger partial charge on any atom is -0.465 e. The van der Waals surface area contributed by atoms with E-state index in [9.17, 15) is 9.59 Å². The van der Waals surface area contributed by atoms with Gasteiger partial charge in [-0.15, -0.1) is 0 Å². The van der Waals surface area contributed by atoms with Gasteiger partial charge in [-0.1, -0.05) is 30.3 Å². The summed E-state index contributed by atoms with van der Waals surface area (Å²) in [6, 6.07) is 9.29. The summed E-state index contributed by atoms with van der Waals surface area (Å²) < 4.78 is 6.25. The Morgan fingerprint density at radius 1 is 1.33 bits per heavy atom. The summed E-state index contributed by atoms with van der Waals surface area (Å²) in [5.41, 5.74) is 1.15. The number of hydrogen-bond donors (Lipinski definition) is 1. The monoisotopic (exact) mass is 246 g/mol. The van der Waals surface area contributed by atoms with E-state index in [-0.39, 0.29) is 18.1 Å². The number of aromatic nitrogens is 2. The molecule has 1 aromatic carbocycles. The molecule has 0 aliphatic rings. The Bertz CT molecular complexity index is 584. The maximum Gasteiger partial charge on any atom is 0.327 e. The van der Waals surface area contributed by atoms with Gasteiger partial charge in [-0.25, -0.2) is 0 Å². The lowest BCUT2D eigenvalue weighted by Gasteiger charge is -2.01. The number of ether oxygens (including phenoxy) is 1. The highest BCUT2D eigenvalue weighted by molar-refractivity contribution is 5.69. The minimum atomic E-state index is -0.372. The fraction of sp³-hybridized carbons (Fsp3) is 0.231. The fourth-order valence-corrected chi connectivity index (χ4v) is 1.69. The van der Waals surface area contributed by atoms with Crippen LogP contribution in [-0.2, 0) is 16.1 Å². The SMILES string of the molecule is CCOC(=O)Cn1cc(-c2ccccc2)c(=O)[nH]1. The molecule has 1 N–H and O–H groups in total. The Balaban J connectivity index is 2.23. The molecule has 0 amide bonds. The van der Waals surface area contributed by atoms with Crippen LogP contribution in [0.1, 0.15) is 6.92 Å². The summed E-state index contributed by atoms with van der Waals surface area (Å²) in [5, 5.41) is 2.59. The summed E-state index contributed by atoms with van der Waals surface area (Å²) in [5.74, 6) is -0.372. The van der Waals surface area contributed by atoms with E-state index in [0.29, 0.717) is 12.2 Å². The molecule has 0 saturated carbocycles. The lowest BCUT2D eigenvalue weighted by atomic mass is 10.1. The Kier molecular flexibility index (Phi) is 3.62. The zero-order valence-electron chi connectivity index (χ0n) is 10.1. The zero-order chi connectivity index (χ0) is 13.0. The fourth-order valence-electron chi connectivity index (χ4n) is 1.69. The van der Waals surface area contributed by atoms with Crippen LogP contribution in [0.4, 0.5) is 0 Å². The number of carbonyl (C=O) groups excluding carboxylic acids is 1. The van der Waals surface area contributed by atoms with Gasteiger partial charge in [0.2, 0.25) is 0 Å². The number of H-pyrrole nitrogens is 1. The molecule has 2 aromatic rings. The molecule has 2 rings (SSSR count). The number of aromatic amines is 1. The van der Waals surface area contributed by atoms with Crippen molar-refractivity contribution >= 4 is 5.97 Å². The molecule has 1 aromatic heterocycles. The van der Waals surface area contributed by atoms with Gasteiger partial charge in [-0.05, 0) is 12.5 Å². The van der Waals surface area contributed by atoms with E-state index in [4.69, 9.17) is 4.74 Å².